The van der Waals surface area contributed by atoms with E-state index in [9.17, 15) is 0 Å². The standard InChI is InChI=1S/C12H21/c1-6-12(11(4)5)9-7-8-10(2)3/h6H,2,7-9H2,1,3-5H3. The van der Waals surface area contributed by atoms with Gasteiger partial charge in [0.15, 0.2) is 0 Å². The topological polar surface area (TPSA) is 0 Å². The van der Waals surface area contributed by atoms with Crippen LogP contribution in [0.4, 0.5) is 0 Å². The highest BCUT2D eigenvalue weighted by Crippen LogP contribution is 2.19. The van der Waals surface area contributed by atoms with Crippen molar-refractivity contribution in [3.8, 4) is 0 Å². The third-order valence-electron chi connectivity index (χ3n) is 2.04. The van der Waals surface area contributed by atoms with Gasteiger partial charge in [0, 0.05) is 0 Å². The molecule has 69 valence electrons. The van der Waals surface area contributed by atoms with Crippen LogP contribution in [0.5, 0.6) is 0 Å². The van der Waals surface area contributed by atoms with Gasteiger partial charge in [0.2, 0.25) is 0 Å². The highest BCUT2D eigenvalue weighted by molar-refractivity contribution is 5.19. The van der Waals surface area contributed by atoms with Crippen molar-refractivity contribution in [3.05, 3.63) is 29.7 Å². The van der Waals surface area contributed by atoms with E-state index in [1.165, 1.54) is 29.9 Å². The van der Waals surface area contributed by atoms with Crippen molar-refractivity contribution in [1.29, 1.82) is 0 Å². The highest BCUT2D eigenvalue weighted by atomic mass is 14.1. The molecule has 0 nitrogen and oxygen atoms in total. The molecular formula is C12H21. The van der Waals surface area contributed by atoms with E-state index < -0.39 is 0 Å². The Kier molecular flexibility index (Phi) is 5.79. The van der Waals surface area contributed by atoms with E-state index in [0.29, 0.717) is 0 Å². The first-order chi connectivity index (χ1) is 5.57. The van der Waals surface area contributed by atoms with Gasteiger partial charge >= 0.3 is 0 Å². The zero-order valence-electron chi connectivity index (χ0n) is 8.91. The van der Waals surface area contributed by atoms with Crippen molar-refractivity contribution in [2.75, 3.05) is 0 Å². The lowest BCUT2D eigenvalue weighted by Crippen LogP contribution is -1.91. The molecule has 0 saturated heterocycles. The molecule has 0 bridgehead atoms. The molecule has 0 amide bonds. The summed E-state index contributed by atoms with van der Waals surface area (Å²) in [5, 5.41) is 0. The second-order valence-electron chi connectivity index (χ2n) is 3.62. The Bertz CT molecular complexity index is 161. The van der Waals surface area contributed by atoms with Gasteiger partial charge in [0.25, 0.3) is 0 Å². The summed E-state index contributed by atoms with van der Waals surface area (Å²) in [5.41, 5.74) is 2.79. The Morgan fingerprint density at radius 1 is 1.17 bits per heavy atom. The average Bonchev–Trinajstić information content (AvgIpc) is 1.96. The lowest BCUT2D eigenvalue weighted by atomic mass is 9.96. The molecule has 12 heavy (non-hydrogen) atoms. The zero-order valence-corrected chi connectivity index (χ0v) is 8.91. The van der Waals surface area contributed by atoms with E-state index >= 15 is 0 Å². The van der Waals surface area contributed by atoms with Crippen LogP contribution in [0.1, 0.15) is 47.0 Å². The Morgan fingerprint density at radius 2 is 1.75 bits per heavy atom. The summed E-state index contributed by atoms with van der Waals surface area (Å²) in [4.78, 5) is 0. The normalized spacial score (nSPS) is 12.2. The molecule has 0 heterocycles. The van der Waals surface area contributed by atoms with E-state index in [1.807, 2.05) is 0 Å². The minimum absolute atomic E-state index is 1.16. The fraction of sp³-hybridized carbons (Fsp3) is 0.583. The largest absolute Gasteiger partial charge is 0.100 e. The van der Waals surface area contributed by atoms with Gasteiger partial charge < -0.3 is 0 Å². The van der Waals surface area contributed by atoms with Crippen LogP contribution in [0, 0.1) is 5.92 Å². The van der Waals surface area contributed by atoms with Crippen LogP contribution in [0.2, 0.25) is 0 Å². The Morgan fingerprint density at radius 3 is 2.08 bits per heavy atom. The number of hydrogen-bond donors (Lipinski definition) is 0. The van der Waals surface area contributed by atoms with Crippen LogP contribution < -0.4 is 0 Å². The van der Waals surface area contributed by atoms with E-state index in [1.54, 1.807) is 0 Å². The van der Waals surface area contributed by atoms with Crippen LogP contribution in [-0.4, -0.2) is 0 Å². The summed E-state index contributed by atoms with van der Waals surface area (Å²) in [6.45, 7) is 12.5. The zero-order chi connectivity index (χ0) is 9.56. The molecule has 0 aliphatic heterocycles. The molecule has 0 aromatic rings. The molecule has 0 fully saturated rings. The average molecular weight is 165 g/mol. The van der Waals surface area contributed by atoms with E-state index in [4.69, 9.17) is 0 Å². The maximum atomic E-state index is 3.90. The number of allylic oxidation sites excluding steroid dienone is 3. The molecule has 0 spiro atoms. The Balaban J connectivity index is 3.68. The first-order valence-electron chi connectivity index (χ1n) is 4.68. The molecule has 0 aliphatic carbocycles. The lowest BCUT2D eigenvalue weighted by Gasteiger charge is -2.09. The van der Waals surface area contributed by atoms with Crippen LogP contribution >= 0.6 is 0 Å². The second kappa shape index (κ2) is 6.05. The molecule has 0 aliphatic rings. The predicted octanol–water partition coefficient (Wildman–Crippen LogP) is 4.29. The first kappa shape index (κ1) is 11.5. The van der Waals surface area contributed by atoms with Crippen LogP contribution in [-0.2, 0) is 0 Å². The summed E-state index contributed by atoms with van der Waals surface area (Å²) in [6.07, 6.45) is 5.81. The molecule has 0 unspecified atom stereocenters. The molecular weight excluding hydrogens is 144 g/mol. The van der Waals surface area contributed by atoms with Gasteiger partial charge in [-0.05, 0) is 39.0 Å². The van der Waals surface area contributed by atoms with Crippen molar-refractivity contribution >= 4 is 0 Å². The quantitative estimate of drug-likeness (QED) is 0.533. The summed E-state index contributed by atoms with van der Waals surface area (Å²) >= 11 is 0. The Hall–Kier alpha value is -0.520. The summed E-state index contributed by atoms with van der Waals surface area (Å²) in [7, 11) is 0. The minimum Gasteiger partial charge on any atom is -0.100 e. The summed E-state index contributed by atoms with van der Waals surface area (Å²) in [5.74, 6) is 1.44. The van der Waals surface area contributed by atoms with Crippen molar-refractivity contribution in [2.45, 2.75) is 47.0 Å². The van der Waals surface area contributed by atoms with Crippen LogP contribution in [0.3, 0.4) is 0 Å². The maximum Gasteiger partial charge on any atom is -0.00565 e. The van der Waals surface area contributed by atoms with Gasteiger partial charge in [-0.25, -0.2) is 0 Å². The van der Waals surface area contributed by atoms with E-state index in [-0.39, 0.29) is 0 Å². The monoisotopic (exact) mass is 165 g/mol. The molecule has 1 radical (unpaired) electrons. The van der Waals surface area contributed by atoms with Gasteiger partial charge in [0.05, 0.1) is 0 Å². The van der Waals surface area contributed by atoms with Crippen LogP contribution in [0.15, 0.2) is 23.8 Å². The smallest absolute Gasteiger partial charge is 0.00565 e. The van der Waals surface area contributed by atoms with Crippen molar-refractivity contribution in [2.24, 2.45) is 0 Å². The number of hydrogen-bond acceptors (Lipinski definition) is 0. The van der Waals surface area contributed by atoms with Gasteiger partial charge in [-0.15, -0.1) is 6.58 Å². The maximum absolute atomic E-state index is 3.90. The van der Waals surface area contributed by atoms with Crippen molar-refractivity contribution in [3.63, 3.8) is 0 Å². The fourth-order valence-corrected chi connectivity index (χ4v) is 1.26. The molecule has 0 N–H and O–H groups in total. The fourth-order valence-electron chi connectivity index (χ4n) is 1.26. The minimum atomic E-state index is 1.16. The molecule has 0 aromatic heterocycles. The predicted molar refractivity (Wildman–Crippen MR) is 57.0 cm³/mol. The number of rotatable bonds is 5. The van der Waals surface area contributed by atoms with Gasteiger partial charge in [0.1, 0.15) is 0 Å². The highest BCUT2D eigenvalue weighted by Gasteiger charge is 2.01. The third kappa shape index (κ3) is 5.17. The second-order valence-corrected chi connectivity index (χ2v) is 3.62. The summed E-state index contributed by atoms with van der Waals surface area (Å²) in [6, 6.07) is 0. The SMILES string of the molecule is C=C(C)CCCC(=CC)[C](C)C. The lowest BCUT2D eigenvalue weighted by molar-refractivity contribution is 0.789. The van der Waals surface area contributed by atoms with E-state index in [0.717, 1.165) is 6.42 Å². The Labute approximate surface area is 77.4 Å². The molecule has 0 saturated carbocycles. The van der Waals surface area contributed by atoms with Gasteiger partial charge in [-0.2, -0.15) is 0 Å². The first-order valence-corrected chi connectivity index (χ1v) is 4.68. The van der Waals surface area contributed by atoms with Crippen LogP contribution in [0.25, 0.3) is 0 Å². The van der Waals surface area contributed by atoms with E-state index in [2.05, 4.69) is 40.3 Å². The molecule has 0 rings (SSSR count). The molecule has 0 heteroatoms. The van der Waals surface area contributed by atoms with Crippen molar-refractivity contribution in [1.82, 2.24) is 0 Å². The van der Waals surface area contributed by atoms with Gasteiger partial charge in [-0.1, -0.05) is 31.1 Å². The third-order valence-corrected chi connectivity index (χ3v) is 2.04. The van der Waals surface area contributed by atoms with Crippen molar-refractivity contribution < 1.29 is 0 Å². The summed E-state index contributed by atoms with van der Waals surface area (Å²) < 4.78 is 0. The van der Waals surface area contributed by atoms with Gasteiger partial charge in [-0.3, -0.25) is 0 Å². The molecule has 0 atom stereocenters. The molecule has 0 aromatic carbocycles.